The number of carbonyl (C=O) groups excluding carboxylic acids is 2. The molecular formula is C18H20N2O3S. The molecule has 5 nitrogen and oxygen atoms in total. The Hall–Kier alpha value is -2.60. The number of carbonyl (C=O) groups is 2. The van der Waals surface area contributed by atoms with Crippen LogP contribution in [-0.4, -0.2) is 36.9 Å². The second-order valence-electron chi connectivity index (χ2n) is 4.98. The average Bonchev–Trinajstić information content (AvgIpc) is 3.11. The van der Waals surface area contributed by atoms with Crippen molar-refractivity contribution in [1.29, 1.82) is 0 Å². The van der Waals surface area contributed by atoms with Gasteiger partial charge in [-0.05, 0) is 48.7 Å². The summed E-state index contributed by atoms with van der Waals surface area (Å²) in [5.41, 5.74) is 0.665. The van der Waals surface area contributed by atoms with E-state index in [-0.39, 0.29) is 18.4 Å². The molecule has 0 unspecified atom stereocenters. The van der Waals surface area contributed by atoms with Crippen molar-refractivity contribution in [3.05, 3.63) is 52.7 Å². The number of nitrogens with zero attached hydrogens (tertiary/aromatic N) is 1. The third-order valence-corrected chi connectivity index (χ3v) is 4.17. The lowest BCUT2D eigenvalue weighted by atomic mass is 10.3. The monoisotopic (exact) mass is 344 g/mol. The zero-order valence-corrected chi connectivity index (χ0v) is 14.5. The van der Waals surface area contributed by atoms with Crippen molar-refractivity contribution in [3.63, 3.8) is 0 Å². The van der Waals surface area contributed by atoms with Crippen molar-refractivity contribution in [2.45, 2.75) is 6.92 Å². The van der Waals surface area contributed by atoms with E-state index in [2.05, 4.69) is 5.32 Å². The van der Waals surface area contributed by atoms with E-state index in [1.54, 1.807) is 48.8 Å². The summed E-state index contributed by atoms with van der Waals surface area (Å²) in [6.45, 7) is 2.32. The molecule has 126 valence electrons. The Morgan fingerprint density at radius 2 is 2.00 bits per heavy atom. The molecule has 6 heteroatoms. The highest BCUT2D eigenvalue weighted by molar-refractivity contribution is 7.10. The van der Waals surface area contributed by atoms with Gasteiger partial charge in [-0.25, -0.2) is 0 Å². The molecule has 0 radical (unpaired) electrons. The number of thiophene rings is 1. The summed E-state index contributed by atoms with van der Waals surface area (Å²) in [5, 5.41) is 4.72. The zero-order valence-electron chi connectivity index (χ0n) is 13.7. The van der Waals surface area contributed by atoms with Gasteiger partial charge in [-0.1, -0.05) is 6.07 Å². The van der Waals surface area contributed by atoms with Crippen molar-refractivity contribution in [1.82, 2.24) is 4.90 Å². The fourth-order valence-corrected chi connectivity index (χ4v) is 2.66. The maximum atomic E-state index is 12.2. The van der Waals surface area contributed by atoms with Crippen LogP contribution >= 0.6 is 11.3 Å². The number of methoxy groups -OCH3 is 1. The molecule has 0 fully saturated rings. The molecule has 2 amide bonds. The van der Waals surface area contributed by atoms with Crippen LogP contribution in [0.3, 0.4) is 0 Å². The van der Waals surface area contributed by atoms with Crippen molar-refractivity contribution in [2.75, 3.05) is 25.5 Å². The van der Waals surface area contributed by atoms with Gasteiger partial charge in [-0.2, -0.15) is 0 Å². The van der Waals surface area contributed by atoms with E-state index in [1.165, 1.54) is 11.0 Å². The number of hydrogen-bond donors (Lipinski definition) is 1. The van der Waals surface area contributed by atoms with Gasteiger partial charge in [0.2, 0.25) is 11.8 Å². The van der Waals surface area contributed by atoms with Crippen LogP contribution in [0.5, 0.6) is 5.75 Å². The van der Waals surface area contributed by atoms with Crippen LogP contribution in [0.15, 0.2) is 47.9 Å². The van der Waals surface area contributed by atoms with Gasteiger partial charge < -0.3 is 15.0 Å². The lowest BCUT2D eigenvalue weighted by Gasteiger charge is -2.18. The van der Waals surface area contributed by atoms with Gasteiger partial charge in [0.15, 0.2) is 0 Å². The Kier molecular flexibility index (Phi) is 6.57. The number of amides is 2. The SMILES string of the molecule is CCN(CC(=O)Nc1ccc(OC)cc1)C(=O)/C=C/c1cccs1. The summed E-state index contributed by atoms with van der Waals surface area (Å²) >= 11 is 1.56. The zero-order chi connectivity index (χ0) is 17.4. The number of likely N-dealkylation sites (N-methyl/N-ethyl adjacent to an activating group) is 1. The molecule has 0 spiro atoms. The van der Waals surface area contributed by atoms with Gasteiger partial charge in [0.05, 0.1) is 7.11 Å². The first-order chi connectivity index (χ1) is 11.6. The number of hydrogen-bond acceptors (Lipinski definition) is 4. The van der Waals surface area contributed by atoms with Crippen LogP contribution in [0.4, 0.5) is 5.69 Å². The first-order valence-corrected chi connectivity index (χ1v) is 8.44. The van der Waals surface area contributed by atoms with Crippen molar-refractivity contribution < 1.29 is 14.3 Å². The predicted molar refractivity (Wildman–Crippen MR) is 97.2 cm³/mol. The second-order valence-corrected chi connectivity index (χ2v) is 5.96. The molecule has 1 N–H and O–H groups in total. The lowest BCUT2D eigenvalue weighted by Crippen LogP contribution is -2.36. The second kappa shape index (κ2) is 8.88. The van der Waals surface area contributed by atoms with Crippen LogP contribution in [0.25, 0.3) is 6.08 Å². The van der Waals surface area contributed by atoms with E-state index >= 15 is 0 Å². The molecule has 24 heavy (non-hydrogen) atoms. The van der Waals surface area contributed by atoms with Crippen molar-refractivity contribution >= 4 is 34.9 Å². The van der Waals surface area contributed by atoms with Crippen LogP contribution < -0.4 is 10.1 Å². The molecule has 2 aromatic rings. The number of anilines is 1. The Bertz CT molecular complexity index is 694. The Labute approximate surface area is 145 Å². The fourth-order valence-electron chi connectivity index (χ4n) is 2.04. The molecular weight excluding hydrogens is 324 g/mol. The van der Waals surface area contributed by atoms with E-state index in [0.29, 0.717) is 12.2 Å². The van der Waals surface area contributed by atoms with E-state index < -0.39 is 0 Å². The van der Waals surface area contributed by atoms with E-state index in [0.717, 1.165) is 10.6 Å². The summed E-state index contributed by atoms with van der Waals surface area (Å²) in [4.78, 5) is 26.8. The van der Waals surface area contributed by atoms with Crippen molar-refractivity contribution in [3.8, 4) is 5.75 Å². The normalized spacial score (nSPS) is 10.6. The Balaban J connectivity index is 1.90. The summed E-state index contributed by atoms with van der Waals surface area (Å²) in [6.07, 6.45) is 3.26. The molecule has 1 aromatic carbocycles. The molecule has 0 bridgehead atoms. The van der Waals surface area contributed by atoms with Gasteiger partial charge in [0, 0.05) is 23.2 Å². The maximum Gasteiger partial charge on any atom is 0.247 e. The number of rotatable bonds is 7. The first-order valence-electron chi connectivity index (χ1n) is 7.56. The standard InChI is InChI=1S/C18H20N2O3S/c1-3-20(18(22)11-10-16-5-4-12-24-16)13-17(21)19-14-6-8-15(23-2)9-7-14/h4-12H,3,13H2,1-2H3,(H,19,21)/b11-10+. The summed E-state index contributed by atoms with van der Waals surface area (Å²) in [7, 11) is 1.59. The number of ether oxygens (including phenoxy) is 1. The number of benzene rings is 1. The largest absolute Gasteiger partial charge is 0.497 e. The quantitative estimate of drug-likeness (QED) is 0.784. The van der Waals surface area contributed by atoms with Crippen LogP contribution in [-0.2, 0) is 9.59 Å². The lowest BCUT2D eigenvalue weighted by molar-refractivity contribution is -0.130. The van der Waals surface area contributed by atoms with E-state index in [4.69, 9.17) is 4.74 Å². The minimum absolute atomic E-state index is 0.0101. The van der Waals surface area contributed by atoms with Gasteiger partial charge in [0.25, 0.3) is 0 Å². The van der Waals surface area contributed by atoms with Gasteiger partial charge in [0.1, 0.15) is 12.3 Å². The third-order valence-electron chi connectivity index (χ3n) is 3.33. The molecule has 1 heterocycles. The van der Waals surface area contributed by atoms with Crippen LogP contribution in [0, 0.1) is 0 Å². The number of nitrogens with one attached hydrogen (secondary N) is 1. The van der Waals surface area contributed by atoms with E-state index in [9.17, 15) is 9.59 Å². The van der Waals surface area contributed by atoms with Crippen LogP contribution in [0.1, 0.15) is 11.8 Å². The maximum absolute atomic E-state index is 12.2. The Morgan fingerprint density at radius 3 is 2.58 bits per heavy atom. The average molecular weight is 344 g/mol. The van der Waals surface area contributed by atoms with Gasteiger partial charge in [-0.3, -0.25) is 9.59 Å². The summed E-state index contributed by atoms with van der Waals surface area (Å²) in [5.74, 6) is 0.299. The molecule has 0 aliphatic carbocycles. The molecule has 0 aliphatic heterocycles. The summed E-state index contributed by atoms with van der Waals surface area (Å²) in [6, 6.07) is 10.9. The minimum Gasteiger partial charge on any atom is -0.497 e. The highest BCUT2D eigenvalue weighted by Crippen LogP contribution is 2.15. The van der Waals surface area contributed by atoms with Gasteiger partial charge in [-0.15, -0.1) is 11.3 Å². The fraction of sp³-hybridized carbons (Fsp3) is 0.222. The highest BCUT2D eigenvalue weighted by Gasteiger charge is 2.13. The van der Waals surface area contributed by atoms with Gasteiger partial charge >= 0.3 is 0 Å². The Morgan fingerprint density at radius 1 is 1.25 bits per heavy atom. The topological polar surface area (TPSA) is 58.6 Å². The summed E-state index contributed by atoms with van der Waals surface area (Å²) < 4.78 is 5.07. The molecule has 0 aliphatic rings. The highest BCUT2D eigenvalue weighted by atomic mass is 32.1. The third kappa shape index (κ3) is 5.24. The predicted octanol–water partition coefficient (Wildman–Crippen LogP) is 3.26. The molecule has 0 atom stereocenters. The molecule has 1 aromatic heterocycles. The molecule has 0 saturated heterocycles. The molecule has 2 rings (SSSR count). The van der Waals surface area contributed by atoms with Crippen molar-refractivity contribution in [2.24, 2.45) is 0 Å². The minimum atomic E-state index is -0.236. The first kappa shape index (κ1) is 17.7. The van der Waals surface area contributed by atoms with Crippen LogP contribution in [0.2, 0.25) is 0 Å². The smallest absolute Gasteiger partial charge is 0.247 e. The van der Waals surface area contributed by atoms with E-state index in [1.807, 2.05) is 24.4 Å². The molecule has 0 saturated carbocycles.